The Kier molecular flexibility index (Phi) is 5.66. The monoisotopic (exact) mass is 382 g/mol. The van der Waals surface area contributed by atoms with Crippen LogP contribution >= 0.6 is 23.2 Å². The number of carbonyl (C=O) groups excluding carboxylic acids is 1. The summed E-state index contributed by atoms with van der Waals surface area (Å²) in [6.07, 6.45) is 0.986. The predicted molar refractivity (Wildman–Crippen MR) is 96.6 cm³/mol. The third-order valence-electron chi connectivity index (χ3n) is 4.03. The fourth-order valence-corrected chi connectivity index (χ4v) is 3.24. The molecule has 7 heteroatoms. The van der Waals surface area contributed by atoms with E-state index in [1.54, 1.807) is 0 Å². The van der Waals surface area contributed by atoms with Gasteiger partial charge in [-0.1, -0.05) is 53.5 Å². The molecule has 0 aromatic heterocycles. The van der Waals surface area contributed by atoms with Gasteiger partial charge in [0.05, 0.1) is 15.7 Å². The van der Waals surface area contributed by atoms with E-state index >= 15 is 0 Å². The van der Waals surface area contributed by atoms with Crippen LogP contribution in [-0.4, -0.2) is 18.2 Å². The lowest BCUT2D eigenvalue weighted by Gasteiger charge is -2.37. The van der Waals surface area contributed by atoms with Gasteiger partial charge < -0.3 is 15.4 Å². The lowest BCUT2D eigenvalue weighted by atomic mass is 9.86. The molecule has 3 rings (SSSR count). The first-order chi connectivity index (χ1) is 12.0. The van der Waals surface area contributed by atoms with E-state index in [4.69, 9.17) is 27.9 Å². The summed E-state index contributed by atoms with van der Waals surface area (Å²) < 4.78 is 18.4. The first-order valence-corrected chi connectivity index (χ1v) is 8.65. The Morgan fingerprint density at radius 2 is 1.76 bits per heavy atom. The van der Waals surface area contributed by atoms with E-state index < -0.39 is 11.9 Å². The molecule has 0 saturated heterocycles. The molecule has 1 aliphatic carbocycles. The first kappa shape index (κ1) is 17.8. The van der Waals surface area contributed by atoms with Gasteiger partial charge in [0.25, 0.3) is 0 Å². The van der Waals surface area contributed by atoms with Crippen LogP contribution in [0.25, 0.3) is 0 Å². The number of amides is 1. The fourth-order valence-electron chi connectivity index (χ4n) is 2.67. The highest BCUT2D eigenvalue weighted by Gasteiger charge is 2.31. The van der Waals surface area contributed by atoms with Crippen LogP contribution in [0.15, 0.2) is 42.5 Å². The second-order valence-corrected chi connectivity index (χ2v) is 6.77. The summed E-state index contributed by atoms with van der Waals surface area (Å²) in [6.45, 7) is 0.238. The molecule has 1 amide bonds. The minimum atomic E-state index is -0.477. The highest BCUT2D eigenvalue weighted by Crippen LogP contribution is 2.34. The summed E-state index contributed by atoms with van der Waals surface area (Å²) in [5.74, 6) is -0.477. The maximum absolute atomic E-state index is 13.2. The molecular formula is C18H17Cl2FN2O2. The molecule has 0 bridgehead atoms. The maximum Gasteiger partial charge on any atom is 0.407 e. The Balaban J connectivity index is 1.42. The Morgan fingerprint density at radius 3 is 2.40 bits per heavy atom. The van der Waals surface area contributed by atoms with Crippen LogP contribution in [0.1, 0.15) is 18.4 Å². The van der Waals surface area contributed by atoms with Crippen LogP contribution in [0.2, 0.25) is 10.0 Å². The number of rotatable bonds is 5. The van der Waals surface area contributed by atoms with Crippen molar-refractivity contribution in [3.63, 3.8) is 0 Å². The minimum absolute atomic E-state index is 0.0266. The highest BCUT2D eigenvalue weighted by molar-refractivity contribution is 6.39. The molecule has 0 heterocycles. The normalized spacial score (nSPS) is 19.0. The molecule has 132 valence electrons. The number of anilines is 1. The molecule has 2 aromatic rings. The summed E-state index contributed by atoms with van der Waals surface area (Å²) >= 11 is 12.0. The van der Waals surface area contributed by atoms with E-state index in [2.05, 4.69) is 10.6 Å². The maximum atomic E-state index is 13.2. The second-order valence-electron chi connectivity index (χ2n) is 5.96. The highest BCUT2D eigenvalue weighted by atomic mass is 35.5. The zero-order valence-electron chi connectivity index (χ0n) is 13.3. The molecule has 4 nitrogen and oxygen atoms in total. The van der Waals surface area contributed by atoms with Gasteiger partial charge >= 0.3 is 6.09 Å². The van der Waals surface area contributed by atoms with E-state index in [0.717, 1.165) is 5.56 Å². The molecule has 25 heavy (non-hydrogen) atoms. The average Bonchev–Trinajstić information content (AvgIpc) is 2.54. The van der Waals surface area contributed by atoms with Crippen molar-refractivity contribution in [2.45, 2.75) is 31.5 Å². The van der Waals surface area contributed by atoms with Crippen LogP contribution in [-0.2, 0) is 11.3 Å². The van der Waals surface area contributed by atoms with Crippen molar-refractivity contribution in [3.8, 4) is 0 Å². The fraction of sp³-hybridized carbons (Fsp3) is 0.278. The van der Waals surface area contributed by atoms with E-state index in [9.17, 15) is 9.18 Å². The second kappa shape index (κ2) is 7.93. The molecule has 0 radical (unpaired) electrons. The standard InChI is InChI=1S/C18H17Cl2FN2O2/c19-15-6-12(21)7-16(20)17(15)22-13-8-14(9-13)23-18(24)25-10-11-4-2-1-3-5-11/h1-7,13-14,22H,8-10H2,(H,23,24). The molecule has 1 aliphatic rings. The number of hydrogen-bond acceptors (Lipinski definition) is 3. The Bertz CT molecular complexity index is 729. The minimum Gasteiger partial charge on any atom is -0.445 e. The number of alkyl carbamates (subject to hydrolysis) is 1. The van der Waals surface area contributed by atoms with Crippen molar-refractivity contribution in [3.05, 3.63) is 63.9 Å². The van der Waals surface area contributed by atoms with Crippen LogP contribution < -0.4 is 10.6 Å². The van der Waals surface area contributed by atoms with Crippen LogP contribution in [0.4, 0.5) is 14.9 Å². The molecule has 1 fully saturated rings. The van der Waals surface area contributed by atoms with E-state index in [1.165, 1.54) is 12.1 Å². The lowest BCUT2D eigenvalue weighted by molar-refractivity contribution is 0.129. The molecule has 2 aromatic carbocycles. The van der Waals surface area contributed by atoms with Gasteiger partial charge in [0, 0.05) is 12.1 Å². The van der Waals surface area contributed by atoms with Crippen molar-refractivity contribution in [1.82, 2.24) is 5.32 Å². The quantitative estimate of drug-likeness (QED) is 0.764. The number of nitrogens with one attached hydrogen (secondary N) is 2. The number of benzene rings is 2. The number of carbonyl (C=O) groups is 1. The van der Waals surface area contributed by atoms with Gasteiger partial charge in [0.2, 0.25) is 0 Å². The molecule has 0 spiro atoms. The van der Waals surface area contributed by atoms with E-state index in [1.807, 2.05) is 30.3 Å². The van der Waals surface area contributed by atoms with E-state index in [-0.39, 0.29) is 28.7 Å². The summed E-state index contributed by atoms with van der Waals surface area (Å²) in [5, 5.41) is 6.47. The Labute approximate surface area is 155 Å². The first-order valence-electron chi connectivity index (χ1n) is 7.89. The molecule has 0 unspecified atom stereocenters. The van der Waals surface area contributed by atoms with Crippen molar-refractivity contribution < 1.29 is 13.9 Å². The number of halogens is 3. The molecular weight excluding hydrogens is 366 g/mol. The van der Waals surface area contributed by atoms with Crippen LogP contribution in [0.5, 0.6) is 0 Å². The molecule has 0 atom stereocenters. The van der Waals surface area contributed by atoms with Crippen molar-refractivity contribution in [2.24, 2.45) is 0 Å². The van der Waals surface area contributed by atoms with Gasteiger partial charge in [0.1, 0.15) is 12.4 Å². The number of hydrogen-bond donors (Lipinski definition) is 2. The summed E-state index contributed by atoms with van der Waals surface area (Å²) in [7, 11) is 0. The van der Waals surface area contributed by atoms with Gasteiger partial charge in [-0.3, -0.25) is 0 Å². The van der Waals surface area contributed by atoms with Gasteiger partial charge in [-0.15, -0.1) is 0 Å². The van der Waals surface area contributed by atoms with Gasteiger partial charge in [-0.05, 0) is 30.5 Å². The zero-order chi connectivity index (χ0) is 17.8. The third-order valence-corrected chi connectivity index (χ3v) is 4.62. The smallest absolute Gasteiger partial charge is 0.407 e. The topological polar surface area (TPSA) is 50.4 Å². The third kappa shape index (κ3) is 4.77. The van der Waals surface area contributed by atoms with Crippen LogP contribution in [0, 0.1) is 5.82 Å². The zero-order valence-corrected chi connectivity index (χ0v) is 14.8. The van der Waals surface area contributed by atoms with Gasteiger partial charge in [-0.2, -0.15) is 0 Å². The predicted octanol–water partition coefficient (Wildman–Crippen LogP) is 5.00. The van der Waals surface area contributed by atoms with Gasteiger partial charge in [0.15, 0.2) is 0 Å². The van der Waals surface area contributed by atoms with Gasteiger partial charge in [-0.25, -0.2) is 9.18 Å². The molecule has 1 saturated carbocycles. The molecule has 0 aliphatic heterocycles. The van der Waals surface area contributed by atoms with Crippen molar-refractivity contribution in [1.29, 1.82) is 0 Å². The summed E-state index contributed by atoms with van der Waals surface area (Å²) in [6, 6.07) is 12.0. The van der Waals surface area contributed by atoms with E-state index in [0.29, 0.717) is 18.5 Å². The van der Waals surface area contributed by atoms with Crippen LogP contribution in [0.3, 0.4) is 0 Å². The summed E-state index contributed by atoms with van der Waals surface area (Å²) in [4.78, 5) is 11.8. The average molecular weight is 383 g/mol. The Morgan fingerprint density at radius 1 is 1.12 bits per heavy atom. The number of ether oxygens (including phenoxy) is 1. The lowest BCUT2D eigenvalue weighted by Crippen LogP contribution is -2.49. The van der Waals surface area contributed by atoms with Crippen molar-refractivity contribution >= 4 is 35.0 Å². The Hall–Kier alpha value is -1.98. The SMILES string of the molecule is O=C(NC1CC(Nc2c(Cl)cc(F)cc2Cl)C1)OCc1ccccc1. The van der Waals surface area contributed by atoms with Crippen molar-refractivity contribution in [2.75, 3.05) is 5.32 Å². The largest absolute Gasteiger partial charge is 0.445 e. The molecule has 2 N–H and O–H groups in total. The summed E-state index contributed by atoms with van der Waals surface area (Å²) in [5.41, 5.74) is 1.45.